The van der Waals surface area contributed by atoms with Crippen molar-refractivity contribution in [1.82, 2.24) is 9.66 Å². The number of aryl methyl sites for hydroxylation is 3. The van der Waals surface area contributed by atoms with Crippen molar-refractivity contribution in [2.24, 2.45) is 5.10 Å². The first-order valence-electron chi connectivity index (χ1n) is 11.2. The molecule has 2 aromatic heterocycles. The Hall–Kier alpha value is -3.98. The van der Waals surface area contributed by atoms with E-state index < -0.39 is 5.91 Å². The summed E-state index contributed by atoms with van der Waals surface area (Å²) in [6.07, 6.45) is 4.04. The van der Waals surface area contributed by atoms with Crippen LogP contribution in [-0.2, 0) is 17.6 Å². The normalized spacial score (nSPS) is 14.7. The predicted molar refractivity (Wildman–Crippen MR) is 136 cm³/mol. The molecule has 3 heterocycles. The van der Waals surface area contributed by atoms with Crippen molar-refractivity contribution in [2.45, 2.75) is 32.6 Å². The minimum atomic E-state index is -0.451. The molecule has 0 fully saturated rings. The van der Waals surface area contributed by atoms with Crippen molar-refractivity contribution >= 4 is 50.6 Å². The number of hydrogen-bond donors (Lipinski definition) is 2. The van der Waals surface area contributed by atoms with Gasteiger partial charge in [0.25, 0.3) is 17.4 Å². The molecule has 1 amide bonds. The molecule has 0 saturated carbocycles. The van der Waals surface area contributed by atoms with Crippen molar-refractivity contribution in [3.63, 3.8) is 0 Å². The fraction of sp³-hybridized carbons (Fsp3) is 0.200. The molecule has 0 bridgehead atoms. The Bertz CT molecular complexity index is 1500. The average Bonchev–Trinajstić information content (AvgIpc) is 3.23. The molecular weight excluding hydrogens is 448 g/mol. The number of amidine groups is 1. The summed E-state index contributed by atoms with van der Waals surface area (Å²) in [5.41, 5.74) is 6.25. The predicted octanol–water partition coefficient (Wildman–Crippen LogP) is 4.29. The van der Waals surface area contributed by atoms with Crippen LogP contribution in [0.5, 0.6) is 0 Å². The first-order valence-corrected chi connectivity index (χ1v) is 12.1. The van der Waals surface area contributed by atoms with Crippen molar-refractivity contribution in [2.75, 3.05) is 15.8 Å². The van der Waals surface area contributed by atoms with Gasteiger partial charge in [0.1, 0.15) is 4.83 Å². The molecule has 0 unspecified atom stereocenters. The zero-order chi connectivity index (χ0) is 23.2. The summed E-state index contributed by atoms with van der Waals surface area (Å²) in [5.74, 6) is -0.117. The van der Waals surface area contributed by atoms with E-state index in [1.807, 2.05) is 49.4 Å². The van der Waals surface area contributed by atoms with Crippen LogP contribution in [0, 0.1) is 6.92 Å². The van der Waals surface area contributed by atoms with Crippen molar-refractivity contribution < 1.29 is 4.79 Å². The highest BCUT2D eigenvalue weighted by molar-refractivity contribution is 7.18. The molecule has 2 aliphatic rings. The molecule has 9 heteroatoms. The fourth-order valence-electron chi connectivity index (χ4n) is 4.38. The van der Waals surface area contributed by atoms with Gasteiger partial charge in [-0.2, -0.15) is 14.7 Å². The van der Waals surface area contributed by atoms with Crippen molar-refractivity contribution in [3.05, 3.63) is 81.0 Å². The number of amides is 1. The molecule has 2 aromatic carbocycles. The zero-order valence-electron chi connectivity index (χ0n) is 18.5. The maximum absolute atomic E-state index is 13.7. The summed E-state index contributed by atoms with van der Waals surface area (Å²) < 4.78 is 1.34. The van der Waals surface area contributed by atoms with Crippen LogP contribution < -0.4 is 21.3 Å². The highest BCUT2D eigenvalue weighted by atomic mass is 32.1. The van der Waals surface area contributed by atoms with Gasteiger partial charge in [-0.05, 0) is 62.4 Å². The van der Waals surface area contributed by atoms with E-state index in [1.165, 1.54) is 9.55 Å². The van der Waals surface area contributed by atoms with Crippen LogP contribution in [0.15, 0.2) is 64.5 Å². The number of para-hydroxylation sites is 1. The lowest BCUT2D eigenvalue weighted by Crippen LogP contribution is -2.46. The average molecular weight is 471 g/mol. The van der Waals surface area contributed by atoms with Crippen LogP contribution >= 0.6 is 11.3 Å². The number of aromatic nitrogens is 2. The van der Waals surface area contributed by atoms with Gasteiger partial charge in [0.15, 0.2) is 0 Å². The third-order valence-corrected chi connectivity index (χ3v) is 7.29. The standard InChI is InChI=1S/C25H22N6O2S/c1-15-11-13-17(14-12-15)30-25-27-23-20(18-9-5-6-10-19(18)34-23)24(33)31(25)29-21(28-30)22(32)26-16-7-3-2-4-8-16/h2-4,7-8,11-14H,5-6,9-10H2,1H3,(H,26,32)(H,28,29). The second-order valence-electron chi connectivity index (χ2n) is 8.47. The summed E-state index contributed by atoms with van der Waals surface area (Å²) in [5, 5.41) is 9.58. The van der Waals surface area contributed by atoms with E-state index in [1.54, 1.807) is 28.5 Å². The first kappa shape index (κ1) is 20.6. The first-order chi connectivity index (χ1) is 16.6. The van der Waals surface area contributed by atoms with Gasteiger partial charge in [-0.15, -0.1) is 16.4 Å². The number of rotatable bonds is 3. The highest BCUT2D eigenvalue weighted by Gasteiger charge is 2.30. The van der Waals surface area contributed by atoms with Gasteiger partial charge in [0.2, 0.25) is 5.84 Å². The Labute approximate surface area is 199 Å². The topological polar surface area (TPSA) is 91.6 Å². The molecular formula is C25H22N6O2S. The molecule has 0 saturated heterocycles. The molecule has 8 nitrogen and oxygen atoms in total. The second-order valence-corrected chi connectivity index (χ2v) is 9.55. The minimum Gasteiger partial charge on any atom is -0.319 e. The third kappa shape index (κ3) is 3.45. The van der Waals surface area contributed by atoms with Gasteiger partial charge in [-0.3, -0.25) is 15.0 Å². The van der Waals surface area contributed by atoms with Gasteiger partial charge >= 0.3 is 0 Å². The van der Waals surface area contributed by atoms with Crippen LogP contribution in [0.2, 0.25) is 0 Å². The van der Waals surface area contributed by atoms with Crippen LogP contribution in [0.4, 0.5) is 17.3 Å². The molecule has 34 heavy (non-hydrogen) atoms. The van der Waals surface area contributed by atoms with Gasteiger partial charge < -0.3 is 5.32 Å². The number of fused-ring (bicyclic) bond motifs is 4. The Morgan fingerprint density at radius 3 is 2.62 bits per heavy atom. The molecule has 1 aliphatic carbocycles. The largest absolute Gasteiger partial charge is 0.319 e. The molecule has 6 rings (SSSR count). The van der Waals surface area contributed by atoms with Gasteiger partial charge in [-0.1, -0.05) is 35.9 Å². The zero-order valence-corrected chi connectivity index (χ0v) is 19.4. The lowest BCUT2D eigenvalue weighted by atomic mass is 9.97. The van der Waals surface area contributed by atoms with E-state index in [-0.39, 0.29) is 11.4 Å². The number of thiophene rings is 1. The number of nitrogens with one attached hydrogen (secondary N) is 2. The number of nitrogens with zero attached hydrogens (tertiary/aromatic N) is 4. The van der Waals surface area contributed by atoms with Gasteiger partial charge in [0, 0.05) is 10.6 Å². The molecule has 0 atom stereocenters. The summed E-state index contributed by atoms with van der Waals surface area (Å²) in [4.78, 5) is 33.6. The molecule has 0 spiro atoms. The minimum absolute atomic E-state index is 0.00396. The van der Waals surface area contributed by atoms with E-state index >= 15 is 0 Å². The van der Waals surface area contributed by atoms with Crippen LogP contribution in [-0.4, -0.2) is 21.4 Å². The second kappa shape index (κ2) is 8.11. The Morgan fingerprint density at radius 2 is 1.82 bits per heavy atom. The lowest BCUT2D eigenvalue weighted by molar-refractivity contribution is -0.110. The van der Waals surface area contributed by atoms with E-state index in [2.05, 4.69) is 15.8 Å². The Morgan fingerprint density at radius 1 is 1.06 bits per heavy atom. The Kier molecular flexibility index (Phi) is 4.91. The van der Waals surface area contributed by atoms with Crippen LogP contribution in [0.3, 0.4) is 0 Å². The fourth-order valence-corrected chi connectivity index (χ4v) is 5.62. The summed E-state index contributed by atoms with van der Waals surface area (Å²) in [7, 11) is 0. The summed E-state index contributed by atoms with van der Waals surface area (Å²) in [6.45, 7) is 2.00. The summed E-state index contributed by atoms with van der Waals surface area (Å²) >= 11 is 1.59. The van der Waals surface area contributed by atoms with E-state index in [9.17, 15) is 9.59 Å². The van der Waals surface area contributed by atoms with Gasteiger partial charge in [0.05, 0.1) is 11.1 Å². The van der Waals surface area contributed by atoms with Gasteiger partial charge in [-0.25, -0.2) is 0 Å². The monoisotopic (exact) mass is 470 g/mol. The van der Waals surface area contributed by atoms with Crippen molar-refractivity contribution in [1.29, 1.82) is 0 Å². The van der Waals surface area contributed by atoms with E-state index in [0.29, 0.717) is 22.7 Å². The van der Waals surface area contributed by atoms with Crippen LogP contribution in [0.25, 0.3) is 10.2 Å². The summed E-state index contributed by atoms with van der Waals surface area (Å²) in [6, 6.07) is 16.9. The maximum Gasteiger partial charge on any atom is 0.294 e. The maximum atomic E-state index is 13.7. The molecule has 170 valence electrons. The van der Waals surface area contributed by atoms with Crippen LogP contribution in [0.1, 0.15) is 28.8 Å². The van der Waals surface area contributed by atoms with E-state index in [0.717, 1.165) is 41.6 Å². The molecule has 1 aliphatic heterocycles. The number of carbonyl (C=O) groups is 1. The molecule has 2 N–H and O–H groups in total. The number of hydrogen-bond acceptors (Lipinski definition) is 7. The lowest BCUT2D eigenvalue weighted by Gasteiger charge is -2.28. The number of benzene rings is 2. The highest BCUT2D eigenvalue weighted by Crippen LogP contribution is 2.36. The van der Waals surface area contributed by atoms with Crippen molar-refractivity contribution in [3.8, 4) is 0 Å². The SMILES string of the molecule is Cc1ccc(N2N=C(C(=O)Nc3ccccc3)Nn3c2nc2sc4c(c2c3=O)CCCC4)cc1. The van der Waals surface area contributed by atoms with E-state index in [4.69, 9.17) is 4.98 Å². The number of carbonyl (C=O) groups excluding carboxylic acids is 1. The number of hydrazone groups is 1. The quantitative estimate of drug-likeness (QED) is 0.466. The smallest absolute Gasteiger partial charge is 0.294 e. The third-order valence-electron chi connectivity index (χ3n) is 6.10. The molecule has 4 aromatic rings. The number of anilines is 3. The molecule has 0 radical (unpaired) electrons. The Balaban J connectivity index is 1.50.